The third-order valence-electron chi connectivity index (χ3n) is 5.09. The Hall–Kier alpha value is -2.16. The van der Waals surface area contributed by atoms with Crippen LogP contribution in [0.4, 0.5) is 0 Å². The lowest BCUT2D eigenvalue weighted by Crippen LogP contribution is -3.09. The maximum Gasteiger partial charge on any atom is 0.221 e. The third kappa shape index (κ3) is 3.65. The van der Waals surface area contributed by atoms with Crippen molar-refractivity contribution in [2.24, 2.45) is 0 Å². The summed E-state index contributed by atoms with van der Waals surface area (Å²) in [6.45, 7) is 1.85. The number of methoxy groups -OCH3 is 2. The van der Waals surface area contributed by atoms with E-state index in [9.17, 15) is 0 Å². The van der Waals surface area contributed by atoms with Gasteiger partial charge >= 0.3 is 0 Å². The molecular weight excluding hydrogens is 380 g/mol. The molecule has 0 amide bonds. The average Bonchev–Trinajstić information content (AvgIpc) is 3.43. The monoisotopic (exact) mass is 403 g/mol. The number of rotatable bonds is 6. The summed E-state index contributed by atoms with van der Waals surface area (Å²) in [6, 6.07) is 10.5. The molecule has 1 aliphatic heterocycles. The summed E-state index contributed by atoms with van der Waals surface area (Å²) in [6.07, 6.45) is 2.30. The van der Waals surface area contributed by atoms with Crippen LogP contribution in [0.25, 0.3) is 10.7 Å². The zero-order valence-corrected chi connectivity index (χ0v) is 17.0. The number of thiophene rings is 1. The van der Waals surface area contributed by atoms with Crippen molar-refractivity contribution >= 4 is 23.6 Å². The molecule has 27 heavy (non-hydrogen) atoms. The fraction of sp³-hybridized carbons (Fsp3) is 0.368. The first-order chi connectivity index (χ1) is 13.2. The van der Waals surface area contributed by atoms with E-state index in [1.165, 1.54) is 16.9 Å². The van der Waals surface area contributed by atoms with E-state index in [0.717, 1.165) is 41.8 Å². The fourth-order valence-electron chi connectivity index (χ4n) is 3.77. The molecule has 1 saturated heterocycles. The van der Waals surface area contributed by atoms with Crippen LogP contribution in [0.1, 0.15) is 24.4 Å². The van der Waals surface area contributed by atoms with E-state index >= 15 is 0 Å². The summed E-state index contributed by atoms with van der Waals surface area (Å²) >= 11 is 7.15. The van der Waals surface area contributed by atoms with Crippen molar-refractivity contribution in [3.05, 3.63) is 46.0 Å². The number of hydrogen-bond donors (Lipinski definition) is 2. The molecular formula is C19H23N4O2S2+. The van der Waals surface area contributed by atoms with Gasteiger partial charge in [-0.2, -0.15) is 4.98 Å². The number of aromatic nitrogens is 3. The van der Waals surface area contributed by atoms with Crippen molar-refractivity contribution in [3.63, 3.8) is 0 Å². The number of hydrogen-bond acceptors (Lipinski definition) is 5. The Bertz CT molecular complexity index is 965. The highest BCUT2D eigenvalue weighted by atomic mass is 32.1. The molecule has 3 heterocycles. The number of benzene rings is 1. The molecule has 3 aromatic rings. The lowest BCUT2D eigenvalue weighted by Gasteiger charge is -2.23. The highest BCUT2D eigenvalue weighted by Crippen LogP contribution is 2.31. The Morgan fingerprint density at radius 2 is 2.22 bits per heavy atom. The lowest BCUT2D eigenvalue weighted by molar-refractivity contribution is -0.941. The maximum atomic E-state index is 5.64. The molecule has 8 heteroatoms. The average molecular weight is 404 g/mol. The Labute approximate surface area is 167 Å². The second-order valence-electron chi connectivity index (χ2n) is 6.63. The Balaban J connectivity index is 1.59. The zero-order valence-electron chi connectivity index (χ0n) is 15.4. The largest absolute Gasteiger partial charge is 0.497 e. The second kappa shape index (κ2) is 7.84. The van der Waals surface area contributed by atoms with E-state index in [2.05, 4.69) is 22.2 Å². The lowest BCUT2D eigenvalue weighted by atomic mass is 10.0. The van der Waals surface area contributed by atoms with Crippen LogP contribution in [0.15, 0.2) is 35.7 Å². The number of quaternary nitrogens is 1. The van der Waals surface area contributed by atoms with E-state index in [-0.39, 0.29) is 0 Å². The number of ether oxygens (including phenoxy) is 2. The smallest absolute Gasteiger partial charge is 0.221 e. The highest BCUT2D eigenvalue weighted by Gasteiger charge is 2.33. The molecule has 0 saturated carbocycles. The molecule has 2 N–H and O–H groups in total. The SMILES string of the molecule is COc1ccc([C@H]2CCC[NH+]2Cn2[nH]c(-c3cccs3)nc2=S)c(OC)c1. The van der Waals surface area contributed by atoms with Crippen molar-refractivity contribution in [1.82, 2.24) is 14.8 Å². The van der Waals surface area contributed by atoms with Crippen LogP contribution in [-0.4, -0.2) is 35.5 Å². The van der Waals surface area contributed by atoms with Crippen molar-refractivity contribution in [1.29, 1.82) is 0 Å². The fourth-order valence-corrected chi connectivity index (χ4v) is 4.64. The van der Waals surface area contributed by atoms with E-state index in [1.807, 2.05) is 28.3 Å². The van der Waals surface area contributed by atoms with Crippen LogP contribution in [0, 0.1) is 4.77 Å². The van der Waals surface area contributed by atoms with Crippen LogP contribution in [0.5, 0.6) is 11.5 Å². The van der Waals surface area contributed by atoms with Gasteiger partial charge in [-0.1, -0.05) is 6.07 Å². The Morgan fingerprint density at radius 1 is 1.33 bits per heavy atom. The van der Waals surface area contributed by atoms with E-state index in [0.29, 0.717) is 10.8 Å². The molecule has 0 radical (unpaired) electrons. The van der Waals surface area contributed by atoms with Crippen LogP contribution < -0.4 is 14.4 Å². The normalized spacial score (nSPS) is 19.3. The minimum Gasteiger partial charge on any atom is -0.497 e. The summed E-state index contributed by atoms with van der Waals surface area (Å²) in [5.74, 6) is 2.53. The minimum atomic E-state index is 0.362. The molecule has 1 unspecified atom stereocenters. The number of nitrogens with one attached hydrogen (secondary N) is 2. The first-order valence-corrected chi connectivity index (χ1v) is 10.3. The summed E-state index contributed by atoms with van der Waals surface area (Å²) in [5, 5.41) is 5.41. The Kier molecular flexibility index (Phi) is 5.29. The van der Waals surface area contributed by atoms with Crippen molar-refractivity contribution in [2.75, 3.05) is 20.8 Å². The molecule has 0 bridgehead atoms. The van der Waals surface area contributed by atoms with Crippen molar-refractivity contribution in [2.45, 2.75) is 25.6 Å². The van der Waals surface area contributed by atoms with Gasteiger partial charge in [0, 0.05) is 18.9 Å². The van der Waals surface area contributed by atoms with Gasteiger partial charge in [0.2, 0.25) is 4.77 Å². The third-order valence-corrected chi connectivity index (χ3v) is 6.28. The van der Waals surface area contributed by atoms with Gasteiger partial charge < -0.3 is 14.4 Å². The molecule has 0 aliphatic carbocycles. The summed E-state index contributed by atoms with van der Waals surface area (Å²) in [5.41, 5.74) is 1.22. The van der Waals surface area contributed by atoms with Gasteiger partial charge in [-0.3, -0.25) is 5.10 Å². The summed E-state index contributed by atoms with van der Waals surface area (Å²) in [7, 11) is 3.39. The summed E-state index contributed by atoms with van der Waals surface area (Å²) < 4.78 is 13.5. The first kappa shape index (κ1) is 18.2. The second-order valence-corrected chi connectivity index (χ2v) is 7.94. The standard InChI is InChI=1S/C19H22N4O2S2/c1-24-13-7-8-14(16(11-13)25-2)15-5-3-9-22(15)12-23-19(26)20-18(21-23)17-6-4-10-27-17/h4,6-8,10-11,15H,3,5,9,12H2,1-2H3,(H,20,21,26)/p+1/t15-/m1/s1. The van der Waals surface area contributed by atoms with E-state index in [1.54, 1.807) is 25.6 Å². The van der Waals surface area contributed by atoms with Gasteiger partial charge in [-0.05, 0) is 35.8 Å². The van der Waals surface area contributed by atoms with E-state index in [4.69, 9.17) is 21.7 Å². The molecule has 2 aromatic heterocycles. The molecule has 1 aliphatic rings. The number of nitrogens with zero attached hydrogens (tertiary/aromatic N) is 2. The molecule has 1 aromatic carbocycles. The molecule has 6 nitrogen and oxygen atoms in total. The predicted molar refractivity (Wildman–Crippen MR) is 108 cm³/mol. The predicted octanol–water partition coefficient (Wildman–Crippen LogP) is 3.06. The van der Waals surface area contributed by atoms with Crippen LogP contribution in [0.2, 0.25) is 0 Å². The highest BCUT2D eigenvalue weighted by molar-refractivity contribution is 7.71. The number of aromatic amines is 1. The molecule has 1 fully saturated rings. The van der Waals surface area contributed by atoms with Gasteiger partial charge in [-0.15, -0.1) is 11.3 Å². The van der Waals surface area contributed by atoms with Gasteiger partial charge in [0.15, 0.2) is 12.5 Å². The van der Waals surface area contributed by atoms with Crippen LogP contribution in [-0.2, 0) is 6.67 Å². The maximum absolute atomic E-state index is 5.64. The molecule has 142 valence electrons. The number of H-pyrrole nitrogens is 1. The van der Waals surface area contributed by atoms with Crippen molar-refractivity contribution in [3.8, 4) is 22.2 Å². The van der Waals surface area contributed by atoms with Crippen LogP contribution in [0.3, 0.4) is 0 Å². The quantitative estimate of drug-likeness (QED) is 0.621. The van der Waals surface area contributed by atoms with E-state index < -0.39 is 0 Å². The Morgan fingerprint density at radius 3 is 2.96 bits per heavy atom. The number of likely N-dealkylation sites (tertiary alicyclic amines) is 1. The van der Waals surface area contributed by atoms with Gasteiger partial charge in [0.05, 0.1) is 31.2 Å². The van der Waals surface area contributed by atoms with Crippen molar-refractivity contribution < 1.29 is 14.4 Å². The molecule has 4 rings (SSSR count). The van der Waals surface area contributed by atoms with Gasteiger partial charge in [-0.25, -0.2) is 4.68 Å². The molecule has 2 atom stereocenters. The first-order valence-electron chi connectivity index (χ1n) is 8.97. The minimum absolute atomic E-state index is 0.362. The molecule has 0 spiro atoms. The van der Waals surface area contributed by atoms with Gasteiger partial charge in [0.25, 0.3) is 0 Å². The zero-order chi connectivity index (χ0) is 18.8. The van der Waals surface area contributed by atoms with Gasteiger partial charge in [0.1, 0.15) is 17.5 Å². The summed E-state index contributed by atoms with van der Waals surface area (Å²) in [4.78, 5) is 7.08. The van der Waals surface area contributed by atoms with Crippen LogP contribution >= 0.6 is 23.6 Å². The topological polar surface area (TPSA) is 56.5 Å².